The lowest BCUT2D eigenvalue weighted by Gasteiger charge is -2.23. The summed E-state index contributed by atoms with van der Waals surface area (Å²) in [6.07, 6.45) is 5.96. The average molecular weight is 700 g/mol. The van der Waals surface area contributed by atoms with Gasteiger partial charge in [0.05, 0.1) is 89.5 Å². The van der Waals surface area contributed by atoms with Gasteiger partial charge in [-0.25, -0.2) is 32.8 Å². The van der Waals surface area contributed by atoms with Crippen molar-refractivity contribution in [2.45, 2.75) is 69.4 Å². The predicted molar refractivity (Wildman–Crippen MR) is 170 cm³/mol. The fourth-order valence-electron chi connectivity index (χ4n) is 5.03. The molecule has 8 N–H and O–H groups in total. The first-order chi connectivity index (χ1) is 23.0. The van der Waals surface area contributed by atoms with Gasteiger partial charge >= 0.3 is 5.97 Å². The van der Waals surface area contributed by atoms with Crippen molar-refractivity contribution in [3.05, 3.63) is 24.5 Å². The van der Waals surface area contributed by atoms with Gasteiger partial charge in [-0.3, -0.25) is 9.36 Å². The van der Waals surface area contributed by atoms with Crippen molar-refractivity contribution in [3.63, 3.8) is 0 Å². The molecular formula is C27H45N11O9S. The second kappa shape index (κ2) is 18.4. The molecule has 1 saturated heterocycles. The number of hydrogen-bond acceptors (Lipinski definition) is 16. The van der Waals surface area contributed by atoms with Crippen molar-refractivity contribution < 1.29 is 42.0 Å². The maximum atomic E-state index is 11.2. The number of carboxylic acid groups (broad SMARTS) is 1. The minimum absolute atomic E-state index is 0.200. The number of ether oxygens (including phenoxy) is 5. The Morgan fingerprint density at radius 1 is 1.10 bits per heavy atom. The highest BCUT2D eigenvalue weighted by molar-refractivity contribution is 7.88. The molecule has 21 heteroatoms. The van der Waals surface area contributed by atoms with E-state index in [2.05, 4.69) is 30.0 Å². The molecule has 0 radical (unpaired) electrons. The van der Waals surface area contributed by atoms with Crippen LogP contribution < -0.4 is 21.9 Å². The molecule has 1 aliphatic rings. The zero-order valence-corrected chi connectivity index (χ0v) is 27.6. The van der Waals surface area contributed by atoms with Gasteiger partial charge in [-0.2, -0.15) is 0 Å². The summed E-state index contributed by atoms with van der Waals surface area (Å²) in [6.45, 7) is 2.93. The fourth-order valence-corrected chi connectivity index (χ4v) is 5.49. The Morgan fingerprint density at radius 2 is 1.83 bits per heavy atom. The van der Waals surface area contributed by atoms with Crippen LogP contribution in [-0.2, 0) is 51.7 Å². The van der Waals surface area contributed by atoms with Crippen molar-refractivity contribution in [2.24, 2.45) is 11.5 Å². The topological polar surface area (TPSA) is 282 Å². The molecule has 0 amide bonds. The van der Waals surface area contributed by atoms with Crippen molar-refractivity contribution in [1.29, 1.82) is 0 Å². The number of nitrogens with zero attached hydrogens (tertiary/aromatic N) is 7. The minimum atomic E-state index is -3.22. The van der Waals surface area contributed by atoms with E-state index in [-0.39, 0.29) is 44.1 Å². The third-order valence-corrected chi connectivity index (χ3v) is 8.25. The molecule has 0 aliphatic carbocycles. The highest BCUT2D eigenvalue weighted by Gasteiger charge is 2.39. The summed E-state index contributed by atoms with van der Waals surface area (Å²) < 4.78 is 57.0. The molecule has 0 saturated carbocycles. The third-order valence-electron chi connectivity index (χ3n) is 7.52. The first kappa shape index (κ1) is 37.4. The van der Waals surface area contributed by atoms with Crippen LogP contribution in [0.1, 0.15) is 37.6 Å². The second-order valence-corrected chi connectivity index (χ2v) is 13.1. The van der Waals surface area contributed by atoms with Gasteiger partial charge in [-0.1, -0.05) is 5.21 Å². The fraction of sp³-hybridized carbons (Fsp3) is 0.704. The van der Waals surface area contributed by atoms with Gasteiger partial charge in [0.25, 0.3) is 0 Å². The summed E-state index contributed by atoms with van der Waals surface area (Å²) in [5.41, 5.74) is 19.8. The van der Waals surface area contributed by atoms with Crippen LogP contribution in [0, 0.1) is 0 Å². The van der Waals surface area contributed by atoms with Gasteiger partial charge in [0, 0.05) is 19.0 Å². The van der Waals surface area contributed by atoms with Gasteiger partial charge in [-0.15, -0.1) is 5.10 Å². The van der Waals surface area contributed by atoms with Gasteiger partial charge in [0.1, 0.15) is 24.1 Å². The lowest BCUT2D eigenvalue weighted by atomic mass is 9.99. The Hall–Kier alpha value is -3.41. The normalized spacial score (nSPS) is 19.6. The highest BCUT2D eigenvalue weighted by Crippen LogP contribution is 2.35. The number of aliphatic carboxylic acids is 1. The first-order valence-corrected chi connectivity index (χ1v) is 17.4. The zero-order chi connectivity index (χ0) is 34.5. The van der Waals surface area contributed by atoms with Gasteiger partial charge in [0.2, 0.25) is 10.0 Å². The van der Waals surface area contributed by atoms with Crippen LogP contribution in [0.25, 0.3) is 11.2 Å². The second-order valence-electron chi connectivity index (χ2n) is 11.3. The van der Waals surface area contributed by atoms with E-state index in [4.69, 9.17) is 46.0 Å². The molecule has 0 aromatic carbocycles. The van der Waals surface area contributed by atoms with Crippen molar-refractivity contribution in [2.75, 3.05) is 58.2 Å². The Labute approximate surface area is 277 Å². The molecule has 1 aliphatic heterocycles. The molecule has 0 unspecified atom stereocenters. The number of imidazole rings is 1. The molecule has 20 nitrogen and oxygen atoms in total. The Morgan fingerprint density at radius 3 is 2.56 bits per heavy atom. The number of nitrogens with two attached hydrogens (primary N) is 3. The number of anilines is 1. The van der Waals surface area contributed by atoms with Crippen molar-refractivity contribution >= 4 is 33.0 Å². The van der Waals surface area contributed by atoms with E-state index in [0.717, 1.165) is 11.9 Å². The Balaban J connectivity index is 1.23. The number of nitrogen functional groups attached to an aromatic ring is 1. The van der Waals surface area contributed by atoms with Crippen LogP contribution in [0.15, 0.2) is 18.9 Å². The van der Waals surface area contributed by atoms with Crippen molar-refractivity contribution in [1.82, 2.24) is 39.2 Å². The quantitative estimate of drug-likeness (QED) is 0.0695. The molecule has 1 fully saturated rings. The van der Waals surface area contributed by atoms with E-state index in [1.165, 1.54) is 6.33 Å². The number of carbonyl (C=O) groups is 1. The van der Waals surface area contributed by atoms with Crippen LogP contribution in [0.2, 0.25) is 0 Å². The summed E-state index contributed by atoms with van der Waals surface area (Å²) in [5, 5.41) is 17.3. The summed E-state index contributed by atoms with van der Waals surface area (Å²) in [4.78, 5) is 23.8. The van der Waals surface area contributed by atoms with Crippen LogP contribution in [0.5, 0.6) is 0 Å². The average Bonchev–Trinajstić information content (AvgIpc) is 3.77. The summed E-state index contributed by atoms with van der Waals surface area (Å²) in [6, 6.07) is -1.36. The number of sulfonamides is 1. The zero-order valence-electron chi connectivity index (χ0n) is 26.8. The summed E-state index contributed by atoms with van der Waals surface area (Å²) in [5.74, 6) is -0.808. The van der Waals surface area contributed by atoms with E-state index < -0.39 is 34.4 Å². The van der Waals surface area contributed by atoms with Crippen LogP contribution >= 0.6 is 0 Å². The Bertz CT molecular complexity index is 1540. The number of nitrogens with one attached hydrogen (secondary N) is 1. The number of fused-ring (bicyclic) bond motifs is 1. The van der Waals surface area contributed by atoms with Gasteiger partial charge in [0.15, 0.2) is 11.5 Å². The molecule has 4 heterocycles. The van der Waals surface area contributed by atoms with Crippen LogP contribution in [-0.4, -0.2) is 131 Å². The largest absolute Gasteiger partial charge is 0.480 e. The smallest absolute Gasteiger partial charge is 0.320 e. The minimum Gasteiger partial charge on any atom is -0.480 e. The molecule has 0 bridgehead atoms. The van der Waals surface area contributed by atoms with Gasteiger partial charge in [-0.05, 0) is 19.3 Å². The van der Waals surface area contributed by atoms with E-state index in [0.29, 0.717) is 70.0 Å². The number of hydrogen-bond donors (Lipinski definition) is 5. The van der Waals surface area contributed by atoms with E-state index >= 15 is 0 Å². The number of aromatic nitrogens is 7. The SMILES string of the molecule is CS(=O)(=O)NCCOCCOCCOCCn1nncc1CO[C@H]1C[C@H](n2cnc3c(N)ncnc32)O[C@@H]1C[C@@H](N)CC[C@H](N)C(=O)O. The highest BCUT2D eigenvalue weighted by atomic mass is 32.2. The van der Waals surface area contributed by atoms with E-state index in [9.17, 15) is 13.2 Å². The van der Waals surface area contributed by atoms with E-state index in [1.54, 1.807) is 21.8 Å². The molecule has 0 spiro atoms. The third kappa shape index (κ3) is 11.6. The molecule has 268 valence electrons. The van der Waals surface area contributed by atoms with Crippen LogP contribution in [0.4, 0.5) is 5.82 Å². The lowest BCUT2D eigenvalue weighted by molar-refractivity contribution is -0.138. The maximum absolute atomic E-state index is 11.2. The summed E-state index contributed by atoms with van der Waals surface area (Å²) >= 11 is 0. The maximum Gasteiger partial charge on any atom is 0.320 e. The molecular weight excluding hydrogens is 654 g/mol. The number of carboxylic acids is 1. The van der Waals surface area contributed by atoms with Crippen molar-refractivity contribution in [3.8, 4) is 0 Å². The Kier molecular flexibility index (Phi) is 14.3. The number of rotatable bonds is 23. The van der Waals surface area contributed by atoms with Crippen LogP contribution in [0.3, 0.4) is 0 Å². The summed E-state index contributed by atoms with van der Waals surface area (Å²) in [7, 11) is -3.22. The molecule has 3 aromatic rings. The molecule has 48 heavy (non-hydrogen) atoms. The van der Waals surface area contributed by atoms with E-state index in [1.807, 2.05) is 0 Å². The predicted octanol–water partition coefficient (Wildman–Crippen LogP) is -1.62. The molecule has 5 atom stereocenters. The molecule has 4 rings (SSSR count). The standard InChI is InChI=1S/C27H45N11O9S/c1-48(41,42)35-4-6-43-8-10-45-11-9-44-7-5-38-19(14-34-36-38)15-46-21-13-23(37-17-33-24-25(30)31-16-32-26(24)37)47-22(21)12-18(28)2-3-20(29)27(39)40/h14,16-18,20-23,35H,2-13,15,28-29H2,1H3,(H,39,40)(H2,30,31,32)/t18-,20-,21-,22+,23+/m0/s1. The monoisotopic (exact) mass is 699 g/mol. The lowest BCUT2D eigenvalue weighted by Crippen LogP contribution is -2.36. The first-order valence-electron chi connectivity index (χ1n) is 15.5. The molecule has 3 aromatic heterocycles. The van der Waals surface area contributed by atoms with Gasteiger partial charge < -0.3 is 46.0 Å².